The summed E-state index contributed by atoms with van der Waals surface area (Å²) in [5.41, 5.74) is 3.81. The maximum atomic E-state index is 12.3. The summed E-state index contributed by atoms with van der Waals surface area (Å²) in [6, 6.07) is 5.92. The average molecular weight is 324 g/mol. The van der Waals surface area contributed by atoms with Crippen LogP contribution in [-0.2, 0) is 4.74 Å². The molecule has 0 atom stereocenters. The van der Waals surface area contributed by atoms with Gasteiger partial charge >= 0.3 is 5.97 Å². The molecule has 1 aliphatic rings. The van der Waals surface area contributed by atoms with E-state index < -0.39 is 5.60 Å². The van der Waals surface area contributed by atoms with Crippen LogP contribution in [-0.4, -0.2) is 23.8 Å². The minimum atomic E-state index is -0.475. The normalized spacial score (nSPS) is 16.3. The van der Waals surface area contributed by atoms with Gasteiger partial charge < -0.3 is 9.72 Å². The van der Waals surface area contributed by atoms with E-state index in [0.29, 0.717) is 11.5 Å². The van der Waals surface area contributed by atoms with Gasteiger partial charge in [-0.05, 0) is 62.8 Å². The predicted octanol–water partition coefficient (Wildman–Crippen LogP) is 4.55. The highest BCUT2D eigenvalue weighted by molar-refractivity contribution is 6.52. The number of ether oxygens (including phenoxy) is 1. The Labute approximate surface area is 145 Å². The molecule has 3 rings (SSSR count). The van der Waals surface area contributed by atoms with Crippen LogP contribution in [0.25, 0.3) is 10.9 Å². The van der Waals surface area contributed by atoms with Crippen molar-refractivity contribution in [1.82, 2.24) is 4.98 Å². The third-order valence-corrected chi connectivity index (χ3v) is 4.81. The summed E-state index contributed by atoms with van der Waals surface area (Å²) in [4.78, 5) is 15.8. The highest BCUT2D eigenvalue weighted by Crippen LogP contribution is 2.35. The van der Waals surface area contributed by atoms with Crippen LogP contribution >= 0.6 is 0 Å². The van der Waals surface area contributed by atoms with Crippen LogP contribution in [0, 0.1) is 0 Å². The Kier molecular flexibility index (Phi) is 4.75. The highest BCUT2D eigenvalue weighted by Gasteiger charge is 2.23. The first kappa shape index (κ1) is 17.1. The quantitative estimate of drug-likeness (QED) is 0.665. The fourth-order valence-electron chi connectivity index (χ4n) is 3.76. The van der Waals surface area contributed by atoms with Crippen molar-refractivity contribution in [3.8, 4) is 0 Å². The summed E-state index contributed by atoms with van der Waals surface area (Å²) in [5, 5.41) is 1.25. The lowest BCUT2D eigenvalue weighted by molar-refractivity contribution is 0.00697. The Morgan fingerprint density at radius 1 is 1.21 bits per heavy atom. The number of aromatic nitrogens is 1. The largest absolute Gasteiger partial charge is 0.456 e. The third-order valence-electron chi connectivity index (χ3n) is 4.81. The van der Waals surface area contributed by atoms with Crippen molar-refractivity contribution in [3.63, 3.8) is 0 Å². The zero-order chi connectivity index (χ0) is 17.3. The number of hydrogen-bond acceptors (Lipinski definition) is 2. The molecule has 1 fully saturated rings. The molecule has 1 aromatic carbocycles. The van der Waals surface area contributed by atoms with Crippen molar-refractivity contribution < 1.29 is 9.53 Å². The lowest BCUT2D eigenvalue weighted by atomic mass is 9.71. The highest BCUT2D eigenvalue weighted by atomic mass is 16.6. The molecule has 4 heteroatoms. The van der Waals surface area contributed by atoms with Crippen molar-refractivity contribution in [2.24, 2.45) is 0 Å². The summed E-state index contributed by atoms with van der Waals surface area (Å²) in [5.74, 6) is 0.367. The molecule has 1 saturated carbocycles. The van der Waals surface area contributed by atoms with Gasteiger partial charge in [-0.15, -0.1) is 0 Å². The minimum absolute atomic E-state index is 0.264. The van der Waals surface area contributed by atoms with Crippen molar-refractivity contribution in [2.45, 2.75) is 71.2 Å². The number of hydrogen-bond donors (Lipinski definition) is 1. The topological polar surface area (TPSA) is 42.1 Å². The van der Waals surface area contributed by atoms with Gasteiger partial charge in [0.25, 0.3) is 0 Å². The Hall–Kier alpha value is -1.71. The number of benzene rings is 1. The van der Waals surface area contributed by atoms with Gasteiger partial charge in [0, 0.05) is 10.9 Å². The molecule has 0 spiro atoms. The molecule has 1 aromatic heterocycles. The first-order chi connectivity index (χ1) is 11.4. The van der Waals surface area contributed by atoms with E-state index in [1.807, 2.05) is 32.9 Å². The molecule has 127 valence electrons. The minimum Gasteiger partial charge on any atom is -0.456 e. The van der Waals surface area contributed by atoms with Gasteiger partial charge in [-0.1, -0.05) is 32.2 Å². The number of H-pyrrole nitrogens is 1. The van der Waals surface area contributed by atoms with E-state index in [0.717, 1.165) is 5.52 Å². The zero-order valence-electron chi connectivity index (χ0n) is 15.2. The fraction of sp³-hybridized carbons (Fsp3) is 0.550. The van der Waals surface area contributed by atoms with E-state index in [1.165, 1.54) is 48.6 Å². The molecule has 3 nitrogen and oxygen atoms in total. The second-order valence-corrected chi connectivity index (χ2v) is 7.84. The number of rotatable bonds is 3. The van der Waals surface area contributed by atoms with Crippen LogP contribution in [0.1, 0.15) is 74.7 Å². The molecule has 2 aromatic rings. The van der Waals surface area contributed by atoms with E-state index >= 15 is 0 Å². The standard InChI is InChI=1S/C20H27BNO2/c1-20(2,3)24-19(23)14-10-11-15-16(12-14)22-18(21-4)17(15)13-8-6-5-7-9-13/h10-13,22H,5-9H2,1-4H3. The molecule has 0 amide bonds. The average Bonchev–Trinajstić information content (AvgIpc) is 2.91. The summed E-state index contributed by atoms with van der Waals surface area (Å²) in [6.07, 6.45) is 6.52. The number of nitrogens with one attached hydrogen (secondary N) is 1. The molecule has 1 heterocycles. The monoisotopic (exact) mass is 324 g/mol. The van der Waals surface area contributed by atoms with Crippen LogP contribution in [0.3, 0.4) is 0 Å². The van der Waals surface area contributed by atoms with Crippen molar-refractivity contribution >= 4 is 29.7 Å². The van der Waals surface area contributed by atoms with Crippen LogP contribution in [0.15, 0.2) is 18.2 Å². The van der Waals surface area contributed by atoms with Gasteiger partial charge in [0.15, 0.2) is 7.28 Å². The molecule has 0 bridgehead atoms. The SMILES string of the molecule is C[B]c1[nH]c2cc(C(=O)OC(C)(C)C)ccc2c1C1CCCCC1. The van der Waals surface area contributed by atoms with Gasteiger partial charge in [0.05, 0.1) is 5.56 Å². The molecule has 0 unspecified atom stereocenters. The van der Waals surface area contributed by atoms with Gasteiger partial charge in [-0.25, -0.2) is 4.79 Å². The number of aromatic amines is 1. The smallest absolute Gasteiger partial charge is 0.338 e. The lowest BCUT2D eigenvalue weighted by Crippen LogP contribution is -2.23. The van der Waals surface area contributed by atoms with E-state index in [2.05, 4.69) is 25.2 Å². The molecule has 1 radical (unpaired) electrons. The van der Waals surface area contributed by atoms with Crippen molar-refractivity contribution in [1.29, 1.82) is 0 Å². The second-order valence-electron chi connectivity index (χ2n) is 7.84. The van der Waals surface area contributed by atoms with E-state index in [1.54, 1.807) is 0 Å². The predicted molar refractivity (Wildman–Crippen MR) is 101 cm³/mol. The summed E-state index contributed by atoms with van der Waals surface area (Å²) in [7, 11) is 2.15. The maximum Gasteiger partial charge on any atom is 0.338 e. The van der Waals surface area contributed by atoms with Crippen molar-refractivity contribution in [2.75, 3.05) is 0 Å². The first-order valence-electron chi connectivity index (χ1n) is 9.07. The zero-order valence-corrected chi connectivity index (χ0v) is 15.2. The second kappa shape index (κ2) is 6.66. The number of fused-ring (bicyclic) bond motifs is 1. The Morgan fingerprint density at radius 2 is 1.92 bits per heavy atom. The summed E-state index contributed by atoms with van der Waals surface area (Å²) >= 11 is 0. The number of carbonyl (C=O) groups excluding carboxylic acids is 1. The number of carbonyl (C=O) groups is 1. The first-order valence-corrected chi connectivity index (χ1v) is 9.07. The Bertz CT molecular complexity index is 736. The van der Waals surface area contributed by atoms with Crippen LogP contribution < -0.4 is 5.59 Å². The van der Waals surface area contributed by atoms with Crippen LogP contribution in [0.2, 0.25) is 6.82 Å². The molecule has 1 N–H and O–H groups in total. The maximum absolute atomic E-state index is 12.3. The molecule has 24 heavy (non-hydrogen) atoms. The van der Waals surface area contributed by atoms with E-state index in [-0.39, 0.29) is 5.97 Å². The molecule has 0 saturated heterocycles. The van der Waals surface area contributed by atoms with Crippen molar-refractivity contribution in [3.05, 3.63) is 29.3 Å². The third kappa shape index (κ3) is 3.53. The summed E-state index contributed by atoms with van der Waals surface area (Å²) in [6.45, 7) is 7.75. The molecular weight excluding hydrogens is 297 g/mol. The van der Waals surface area contributed by atoms with Crippen LogP contribution in [0.5, 0.6) is 0 Å². The Morgan fingerprint density at radius 3 is 2.54 bits per heavy atom. The summed E-state index contributed by atoms with van der Waals surface area (Å²) < 4.78 is 5.49. The molecule has 1 aliphatic carbocycles. The lowest BCUT2D eigenvalue weighted by Gasteiger charge is -2.23. The van der Waals surface area contributed by atoms with E-state index in [4.69, 9.17) is 4.74 Å². The Balaban J connectivity index is 1.98. The fourth-order valence-corrected chi connectivity index (χ4v) is 3.76. The molecule has 0 aliphatic heterocycles. The van der Waals surface area contributed by atoms with E-state index in [9.17, 15) is 4.79 Å². The number of esters is 1. The van der Waals surface area contributed by atoms with Gasteiger partial charge in [0.1, 0.15) is 5.60 Å². The van der Waals surface area contributed by atoms with Gasteiger partial charge in [-0.3, -0.25) is 0 Å². The van der Waals surface area contributed by atoms with Gasteiger partial charge in [-0.2, -0.15) is 0 Å². The molecular formula is C20H27BNO2. The van der Waals surface area contributed by atoms with Crippen LogP contribution in [0.4, 0.5) is 0 Å². The van der Waals surface area contributed by atoms with Gasteiger partial charge in [0.2, 0.25) is 0 Å².